The molecule has 3 aromatic rings. The van der Waals surface area contributed by atoms with E-state index in [1.54, 1.807) is 6.07 Å². The van der Waals surface area contributed by atoms with E-state index in [-0.39, 0.29) is 23.7 Å². The van der Waals surface area contributed by atoms with E-state index in [1.807, 2.05) is 13.8 Å². The summed E-state index contributed by atoms with van der Waals surface area (Å²) in [7, 11) is 1.53. The minimum Gasteiger partial charge on any atom is -0.495 e. The lowest BCUT2D eigenvalue weighted by Crippen LogP contribution is -2.37. The van der Waals surface area contributed by atoms with Crippen LogP contribution in [0.1, 0.15) is 31.5 Å². The Hall–Kier alpha value is -3.16. The molecule has 1 aliphatic carbocycles. The number of H-pyrrole nitrogens is 1. The summed E-state index contributed by atoms with van der Waals surface area (Å²) in [5.41, 5.74) is 3.29. The van der Waals surface area contributed by atoms with Crippen molar-refractivity contribution in [1.29, 1.82) is 0 Å². The van der Waals surface area contributed by atoms with Crippen molar-refractivity contribution in [2.24, 2.45) is 5.92 Å². The zero-order valence-electron chi connectivity index (χ0n) is 16.7. The quantitative estimate of drug-likeness (QED) is 0.613. The van der Waals surface area contributed by atoms with Gasteiger partial charge in [0.05, 0.1) is 18.2 Å². The number of carbonyl (C=O) groups is 1. The lowest BCUT2D eigenvalue weighted by Gasteiger charge is -2.23. The fourth-order valence-corrected chi connectivity index (χ4v) is 3.87. The summed E-state index contributed by atoms with van der Waals surface area (Å²) in [4.78, 5) is 24.6. The normalized spacial score (nSPS) is 16.0. The second kappa shape index (κ2) is 7.69. The molecule has 2 aromatic heterocycles. The largest absolute Gasteiger partial charge is 0.495 e. The summed E-state index contributed by atoms with van der Waals surface area (Å²) < 4.78 is 19.1. The molecule has 4 rings (SSSR count). The van der Waals surface area contributed by atoms with Gasteiger partial charge in [-0.3, -0.25) is 4.79 Å². The number of methoxy groups -OCH3 is 1. The number of fused-ring (bicyclic) bond motifs is 3. The first-order chi connectivity index (χ1) is 14.0. The van der Waals surface area contributed by atoms with Crippen molar-refractivity contribution in [3.8, 4) is 5.75 Å². The van der Waals surface area contributed by atoms with Crippen LogP contribution in [-0.2, 0) is 17.6 Å². The lowest BCUT2D eigenvalue weighted by atomic mass is 9.86. The topological polar surface area (TPSA) is 91.9 Å². The van der Waals surface area contributed by atoms with E-state index in [4.69, 9.17) is 4.74 Å². The first-order valence-corrected chi connectivity index (χ1v) is 9.71. The molecule has 0 saturated heterocycles. The van der Waals surface area contributed by atoms with Crippen LogP contribution in [0.3, 0.4) is 0 Å². The third-order valence-corrected chi connectivity index (χ3v) is 5.19. The van der Waals surface area contributed by atoms with Crippen molar-refractivity contribution in [3.05, 3.63) is 41.6 Å². The molecule has 2 heterocycles. The zero-order chi connectivity index (χ0) is 20.5. The van der Waals surface area contributed by atoms with Gasteiger partial charge in [0.15, 0.2) is 0 Å². The Bertz CT molecular complexity index is 1060. The van der Waals surface area contributed by atoms with Gasteiger partial charge in [-0.05, 0) is 50.8 Å². The zero-order valence-corrected chi connectivity index (χ0v) is 16.7. The standard InChI is InChI=1S/C21H24FN5O2/c1-11(2)25-21(28)12-4-6-15-14(8-12)18-19(26-15)23-10-24-20(18)27-16-9-13(22)5-7-17(16)29-3/h5,7,9-12H,4,6,8H2,1-3H3,(H,25,28)(H2,23,24,26,27)/t12-/m0/s1. The van der Waals surface area contributed by atoms with E-state index in [0.29, 0.717) is 29.3 Å². The Morgan fingerprint density at radius 1 is 1.34 bits per heavy atom. The maximum atomic E-state index is 13.8. The Morgan fingerprint density at radius 2 is 2.17 bits per heavy atom. The van der Waals surface area contributed by atoms with Gasteiger partial charge in [0, 0.05) is 23.7 Å². The number of hydrogen-bond donors (Lipinski definition) is 3. The van der Waals surface area contributed by atoms with E-state index in [2.05, 4.69) is 25.6 Å². The van der Waals surface area contributed by atoms with E-state index in [9.17, 15) is 9.18 Å². The predicted molar refractivity (Wildman–Crippen MR) is 109 cm³/mol. The van der Waals surface area contributed by atoms with Gasteiger partial charge < -0.3 is 20.4 Å². The molecule has 0 radical (unpaired) electrons. The average Bonchev–Trinajstić information content (AvgIpc) is 3.06. The number of amides is 1. The number of aryl methyl sites for hydroxylation is 1. The molecule has 0 unspecified atom stereocenters. The van der Waals surface area contributed by atoms with E-state index < -0.39 is 0 Å². The summed E-state index contributed by atoms with van der Waals surface area (Å²) in [5, 5.41) is 7.02. The number of nitrogens with zero attached hydrogens (tertiary/aromatic N) is 2. The molecule has 0 spiro atoms. The summed E-state index contributed by atoms with van der Waals surface area (Å²) in [6, 6.07) is 4.38. The van der Waals surface area contributed by atoms with Crippen LogP contribution in [0.25, 0.3) is 11.0 Å². The molecule has 0 saturated carbocycles. The molecule has 0 bridgehead atoms. The Labute approximate surface area is 168 Å². The molecule has 1 amide bonds. The predicted octanol–water partition coefficient (Wildman–Crippen LogP) is 3.48. The molecular formula is C21H24FN5O2. The van der Waals surface area contributed by atoms with E-state index in [1.165, 1.54) is 25.6 Å². The van der Waals surface area contributed by atoms with Crippen LogP contribution in [0.4, 0.5) is 15.9 Å². The summed E-state index contributed by atoms with van der Waals surface area (Å²) in [5.74, 6) is 0.664. The molecule has 1 aromatic carbocycles. The Kier molecular flexibility index (Phi) is 5.08. The van der Waals surface area contributed by atoms with Crippen LogP contribution >= 0.6 is 0 Å². The number of rotatable bonds is 5. The van der Waals surface area contributed by atoms with Gasteiger partial charge in [-0.2, -0.15) is 0 Å². The molecule has 29 heavy (non-hydrogen) atoms. The molecule has 3 N–H and O–H groups in total. The molecule has 1 aliphatic rings. The first-order valence-electron chi connectivity index (χ1n) is 9.71. The van der Waals surface area contributed by atoms with Crippen LogP contribution in [0.2, 0.25) is 0 Å². The number of ether oxygens (including phenoxy) is 1. The highest BCUT2D eigenvalue weighted by Gasteiger charge is 2.29. The number of aromatic amines is 1. The maximum absolute atomic E-state index is 13.8. The smallest absolute Gasteiger partial charge is 0.223 e. The van der Waals surface area contributed by atoms with Crippen LogP contribution in [0.5, 0.6) is 5.75 Å². The molecule has 7 nitrogen and oxygen atoms in total. The molecule has 0 fully saturated rings. The third kappa shape index (κ3) is 3.74. The van der Waals surface area contributed by atoms with E-state index in [0.717, 1.165) is 29.5 Å². The highest BCUT2D eigenvalue weighted by molar-refractivity contribution is 5.94. The van der Waals surface area contributed by atoms with Gasteiger partial charge in [0.1, 0.15) is 29.4 Å². The number of benzene rings is 1. The SMILES string of the molecule is COc1ccc(F)cc1Nc1ncnc2[nH]c3c(c12)C[C@@H](C(=O)NC(C)C)CC3. The summed E-state index contributed by atoms with van der Waals surface area (Å²) in [6.07, 6.45) is 3.62. The third-order valence-electron chi connectivity index (χ3n) is 5.19. The number of nitrogens with one attached hydrogen (secondary N) is 3. The number of carbonyl (C=O) groups excluding carboxylic acids is 1. The fourth-order valence-electron chi connectivity index (χ4n) is 3.87. The van der Waals surface area contributed by atoms with Crippen molar-refractivity contribution in [2.75, 3.05) is 12.4 Å². The average molecular weight is 397 g/mol. The van der Waals surface area contributed by atoms with Crippen LogP contribution < -0.4 is 15.4 Å². The van der Waals surface area contributed by atoms with Crippen molar-refractivity contribution in [3.63, 3.8) is 0 Å². The second-order valence-corrected chi connectivity index (χ2v) is 7.60. The molecule has 0 aliphatic heterocycles. The highest BCUT2D eigenvalue weighted by atomic mass is 19.1. The summed E-state index contributed by atoms with van der Waals surface area (Å²) >= 11 is 0. The molecule has 1 atom stereocenters. The van der Waals surface area contributed by atoms with Gasteiger partial charge in [0.2, 0.25) is 5.91 Å². The Morgan fingerprint density at radius 3 is 2.93 bits per heavy atom. The monoisotopic (exact) mass is 397 g/mol. The highest BCUT2D eigenvalue weighted by Crippen LogP contribution is 2.36. The summed E-state index contributed by atoms with van der Waals surface area (Å²) in [6.45, 7) is 3.92. The Balaban J connectivity index is 1.72. The van der Waals surface area contributed by atoms with Crippen molar-refractivity contribution >= 4 is 28.4 Å². The number of halogens is 1. The maximum Gasteiger partial charge on any atom is 0.223 e. The lowest BCUT2D eigenvalue weighted by molar-refractivity contribution is -0.125. The van der Waals surface area contributed by atoms with Crippen molar-refractivity contribution in [2.45, 2.75) is 39.2 Å². The number of anilines is 2. The van der Waals surface area contributed by atoms with Crippen LogP contribution in [0.15, 0.2) is 24.5 Å². The van der Waals surface area contributed by atoms with Gasteiger partial charge in [-0.25, -0.2) is 14.4 Å². The minimum atomic E-state index is -0.375. The minimum absolute atomic E-state index is 0.0677. The molecule has 8 heteroatoms. The van der Waals surface area contributed by atoms with Gasteiger partial charge in [0.25, 0.3) is 0 Å². The van der Waals surface area contributed by atoms with Crippen molar-refractivity contribution in [1.82, 2.24) is 20.3 Å². The van der Waals surface area contributed by atoms with Gasteiger partial charge >= 0.3 is 0 Å². The van der Waals surface area contributed by atoms with Crippen molar-refractivity contribution < 1.29 is 13.9 Å². The van der Waals surface area contributed by atoms with E-state index >= 15 is 0 Å². The molecular weight excluding hydrogens is 373 g/mol. The van der Waals surface area contributed by atoms with Gasteiger partial charge in [-0.1, -0.05) is 0 Å². The first kappa shape index (κ1) is 19.2. The van der Waals surface area contributed by atoms with Gasteiger partial charge in [-0.15, -0.1) is 0 Å². The molecule has 152 valence electrons. The van der Waals surface area contributed by atoms with Crippen LogP contribution in [-0.4, -0.2) is 34.0 Å². The number of hydrogen-bond acceptors (Lipinski definition) is 5. The second-order valence-electron chi connectivity index (χ2n) is 7.60. The fraction of sp³-hybridized carbons (Fsp3) is 0.381. The number of aromatic nitrogens is 3. The van der Waals surface area contributed by atoms with Crippen LogP contribution in [0, 0.1) is 11.7 Å².